The van der Waals surface area contributed by atoms with E-state index in [4.69, 9.17) is 4.74 Å². The van der Waals surface area contributed by atoms with Gasteiger partial charge in [0.15, 0.2) is 0 Å². The lowest BCUT2D eigenvalue weighted by atomic mass is 10.1. The van der Waals surface area contributed by atoms with Gasteiger partial charge in [-0.2, -0.15) is 4.31 Å². The van der Waals surface area contributed by atoms with Crippen molar-refractivity contribution < 1.29 is 22.7 Å². The van der Waals surface area contributed by atoms with Crippen LogP contribution in [0.4, 0.5) is 5.69 Å². The Hall–Kier alpha value is -2.75. The maximum atomic E-state index is 13.1. The number of rotatable bonds is 5. The van der Waals surface area contributed by atoms with E-state index < -0.39 is 21.5 Å². The van der Waals surface area contributed by atoms with E-state index >= 15 is 0 Å². The summed E-state index contributed by atoms with van der Waals surface area (Å²) < 4.78 is 32.6. The van der Waals surface area contributed by atoms with Gasteiger partial charge < -0.3 is 15.4 Å². The molecule has 0 bridgehead atoms. The Balaban J connectivity index is 1.88. The number of nitrogens with zero attached hydrogens (tertiary/aromatic N) is 1. The minimum absolute atomic E-state index is 0.0499. The summed E-state index contributed by atoms with van der Waals surface area (Å²) >= 11 is 0. The van der Waals surface area contributed by atoms with Crippen LogP contribution in [0.1, 0.15) is 47.1 Å². The van der Waals surface area contributed by atoms with Crippen molar-refractivity contribution in [2.45, 2.75) is 38.1 Å². The maximum Gasteiger partial charge on any atom is 0.255 e. The second-order valence-corrected chi connectivity index (χ2v) is 10.6. The average Bonchev–Trinajstić information content (AvgIpc) is 2.73. The number of benzene rings is 2. The standard InChI is InChI=1S/C23H29N3O5S/c1-16-9-10-17(32(29,30)26-11-13-31-14-12-26)15-19(16)21(27)24-20-8-6-5-7-18(20)22(28)25-23(2,3)4/h5-10,15H,11-14H2,1-4H3,(H,24,27)(H,25,28). The van der Waals surface area contributed by atoms with Crippen LogP contribution < -0.4 is 10.6 Å². The number of carbonyl (C=O) groups excluding carboxylic acids is 2. The van der Waals surface area contributed by atoms with Crippen LogP contribution in [0.5, 0.6) is 0 Å². The second-order valence-electron chi connectivity index (χ2n) is 8.70. The van der Waals surface area contributed by atoms with Gasteiger partial charge in [-0.05, 0) is 57.5 Å². The van der Waals surface area contributed by atoms with Crippen molar-refractivity contribution in [2.24, 2.45) is 0 Å². The van der Waals surface area contributed by atoms with Gasteiger partial charge in [-0.1, -0.05) is 18.2 Å². The smallest absolute Gasteiger partial charge is 0.255 e. The lowest BCUT2D eigenvalue weighted by Crippen LogP contribution is -2.41. The molecule has 0 saturated carbocycles. The molecule has 2 N–H and O–H groups in total. The maximum absolute atomic E-state index is 13.1. The Morgan fingerprint density at radius 2 is 1.62 bits per heavy atom. The molecule has 2 aromatic rings. The number of anilines is 1. The number of sulfonamides is 1. The summed E-state index contributed by atoms with van der Waals surface area (Å²) in [4.78, 5) is 25.8. The van der Waals surface area contributed by atoms with Crippen LogP contribution in [-0.2, 0) is 14.8 Å². The molecular formula is C23H29N3O5S. The lowest BCUT2D eigenvalue weighted by Gasteiger charge is -2.26. The highest BCUT2D eigenvalue weighted by Crippen LogP contribution is 2.23. The minimum atomic E-state index is -3.74. The highest BCUT2D eigenvalue weighted by Gasteiger charge is 2.27. The Bertz CT molecular complexity index is 1120. The van der Waals surface area contributed by atoms with Crippen molar-refractivity contribution in [3.8, 4) is 0 Å². The molecule has 32 heavy (non-hydrogen) atoms. The molecule has 0 aromatic heterocycles. The molecule has 9 heteroatoms. The first-order chi connectivity index (χ1) is 15.0. The van der Waals surface area contributed by atoms with Crippen molar-refractivity contribution >= 4 is 27.5 Å². The second kappa shape index (κ2) is 9.40. The number of aryl methyl sites for hydroxylation is 1. The molecule has 0 aliphatic carbocycles. The largest absolute Gasteiger partial charge is 0.379 e. The van der Waals surface area contributed by atoms with Gasteiger partial charge in [-0.25, -0.2) is 8.42 Å². The van der Waals surface area contributed by atoms with Gasteiger partial charge in [-0.3, -0.25) is 9.59 Å². The third-order valence-electron chi connectivity index (χ3n) is 4.97. The molecule has 2 amide bonds. The summed E-state index contributed by atoms with van der Waals surface area (Å²) in [6.45, 7) is 8.57. The van der Waals surface area contributed by atoms with Crippen molar-refractivity contribution in [1.82, 2.24) is 9.62 Å². The monoisotopic (exact) mass is 459 g/mol. The van der Waals surface area contributed by atoms with Crippen LogP contribution >= 0.6 is 0 Å². The Labute approximate surface area is 189 Å². The summed E-state index contributed by atoms with van der Waals surface area (Å²) in [5.74, 6) is -0.800. The molecule has 0 atom stereocenters. The molecular weight excluding hydrogens is 430 g/mol. The molecule has 1 fully saturated rings. The van der Waals surface area contributed by atoms with E-state index in [1.807, 2.05) is 20.8 Å². The zero-order chi connectivity index (χ0) is 23.5. The Kier molecular flexibility index (Phi) is 7.02. The highest BCUT2D eigenvalue weighted by atomic mass is 32.2. The molecule has 2 aromatic carbocycles. The van der Waals surface area contributed by atoms with Crippen LogP contribution in [0.15, 0.2) is 47.4 Å². The Morgan fingerprint density at radius 1 is 0.969 bits per heavy atom. The quantitative estimate of drug-likeness (QED) is 0.715. The van der Waals surface area contributed by atoms with Crippen LogP contribution in [0.3, 0.4) is 0 Å². The van der Waals surface area contributed by atoms with E-state index in [0.717, 1.165) is 0 Å². The molecule has 1 heterocycles. The number of hydrogen-bond donors (Lipinski definition) is 2. The van der Waals surface area contributed by atoms with Crippen molar-refractivity contribution in [3.63, 3.8) is 0 Å². The molecule has 8 nitrogen and oxygen atoms in total. The number of amides is 2. The van der Waals surface area contributed by atoms with Gasteiger partial charge in [-0.15, -0.1) is 0 Å². The third kappa shape index (κ3) is 5.53. The molecule has 1 saturated heterocycles. The van der Waals surface area contributed by atoms with Crippen molar-refractivity contribution in [1.29, 1.82) is 0 Å². The number of morpholine rings is 1. The van der Waals surface area contributed by atoms with E-state index in [0.29, 0.717) is 30.0 Å². The SMILES string of the molecule is Cc1ccc(S(=O)(=O)N2CCOCC2)cc1C(=O)Nc1ccccc1C(=O)NC(C)(C)C. The number of para-hydroxylation sites is 1. The molecule has 1 aliphatic rings. The normalized spacial score (nSPS) is 15.2. The lowest BCUT2D eigenvalue weighted by molar-refractivity contribution is 0.0730. The van der Waals surface area contributed by atoms with Crippen LogP contribution in [0, 0.1) is 6.92 Å². The molecule has 0 unspecified atom stereocenters. The summed E-state index contributed by atoms with van der Waals surface area (Å²) in [6, 6.07) is 11.2. The number of nitrogens with one attached hydrogen (secondary N) is 2. The first-order valence-electron chi connectivity index (χ1n) is 10.4. The van der Waals surface area contributed by atoms with Crippen LogP contribution in [-0.4, -0.2) is 56.4 Å². The summed E-state index contributed by atoms with van der Waals surface area (Å²) in [5, 5.41) is 5.64. The van der Waals surface area contributed by atoms with E-state index in [1.165, 1.54) is 16.4 Å². The van der Waals surface area contributed by atoms with Gasteiger partial charge in [0.25, 0.3) is 11.8 Å². The summed E-state index contributed by atoms with van der Waals surface area (Å²) in [7, 11) is -3.74. The first-order valence-corrected chi connectivity index (χ1v) is 11.8. The van der Waals surface area contributed by atoms with Gasteiger partial charge in [0, 0.05) is 24.2 Å². The number of hydrogen-bond acceptors (Lipinski definition) is 5. The van der Waals surface area contributed by atoms with Gasteiger partial charge in [0.1, 0.15) is 0 Å². The highest BCUT2D eigenvalue weighted by molar-refractivity contribution is 7.89. The fourth-order valence-electron chi connectivity index (χ4n) is 3.33. The number of carbonyl (C=O) groups is 2. The average molecular weight is 460 g/mol. The van der Waals surface area contributed by atoms with Gasteiger partial charge in [0.05, 0.1) is 29.4 Å². The molecule has 172 valence electrons. The topological polar surface area (TPSA) is 105 Å². The number of ether oxygens (including phenoxy) is 1. The predicted molar refractivity (Wildman–Crippen MR) is 122 cm³/mol. The fraction of sp³-hybridized carbons (Fsp3) is 0.391. The first kappa shape index (κ1) is 23.9. The van der Waals surface area contributed by atoms with Gasteiger partial charge in [0.2, 0.25) is 10.0 Å². The summed E-state index contributed by atoms with van der Waals surface area (Å²) in [6.07, 6.45) is 0. The molecule has 0 spiro atoms. The summed E-state index contributed by atoms with van der Waals surface area (Å²) in [5.41, 5.74) is 1.09. The Morgan fingerprint density at radius 3 is 2.28 bits per heavy atom. The van der Waals surface area contributed by atoms with Crippen molar-refractivity contribution in [3.05, 3.63) is 59.2 Å². The third-order valence-corrected chi connectivity index (χ3v) is 6.86. The van der Waals surface area contributed by atoms with E-state index in [9.17, 15) is 18.0 Å². The van der Waals surface area contributed by atoms with Gasteiger partial charge >= 0.3 is 0 Å². The predicted octanol–water partition coefficient (Wildman–Crippen LogP) is 2.80. The van der Waals surface area contributed by atoms with E-state index in [-0.39, 0.29) is 29.5 Å². The molecule has 3 rings (SSSR count). The molecule has 0 radical (unpaired) electrons. The molecule has 1 aliphatic heterocycles. The van der Waals surface area contributed by atoms with Crippen LogP contribution in [0.2, 0.25) is 0 Å². The van der Waals surface area contributed by atoms with E-state index in [1.54, 1.807) is 37.3 Å². The minimum Gasteiger partial charge on any atom is -0.379 e. The van der Waals surface area contributed by atoms with Crippen LogP contribution in [0.25, 0.3) is 0 Å². The van der Waals surface area contributed by atoms with E-state index in [2.05, 4.69) is 10.6 Å². The fourth-order valence-corrected chi connectivity index (χ4v) is 4.76. The van der Waals surface area contributed by atoms with Crippen molar-refractivity contribution in [2.75, 3.05) is 31.6 Å². The zero-order valence-electron chi connectivity index (χ0n) is 18.8. The zero-order valence-corrected chi connectivity index (χ0v) is 19.6.